The summed E-state index contributed by atoms with van der Waals surface area (Å²) < 4.78 is 7.01. The molecule has 3 aliphatic rings. The van der Waals surface area contributed by atoms with Crippen LogP contribution in [0.1, 0.15) is 69.3 Å². The number of aryl methyl sites for hydroxylation is 1. The van der Waals surface area contributed by atoms with Crippen molar-refractivity contribution in [2.24, 2.45) is 5.92 Å². The van der Waals surface area contributed by atoms with Crippen LogP contribution < -0.4 is 5.56 Å². The predicted molar refractivity (Wildman–Crippen MR) is 120 cm³/mol. The van der Waals surface area contributed by atoms with E-state index in [9.17, 15) is 14.4 Å². The molecule has 0 radical (unpaired) electrons. The van der Waals surface area contributed by atoms with E-state index in [4.69, 9.17) is 9.72 Å². The molecule has 176 valence electrons. The van der Waals surface area contributed by atoms with Crippen molar-refractivity contribution in [3.05, 3.63) is 27.9 Å². The van der Waals surface area contributed by atoms with Gasteiger partial charge in [-0.3, -0.25) is 23.9 Å². The zero-order chi connectivity index (χ0) is 22.5. The lowest BCUT2D eigenvalue weighted by atomic mass is 9.93. The molecule has 1 aromatic rings. The molecule has 32 heavy (non-hydrogen) atoms. The molecule has 0 saturated carbocycles. The molecule has 0 N–H and O–H groups in total. The van der Waals surface area contributed by atoms with Crippen molar-refractivity contribution in [2.45, 2.75) is 70.8 Å². The number of hydrogen-bond acceptors (Lipinski definition) is 6. The lowest BCUT2D eigenvalue weighted by molar-refractivity contribution is -0.150. The van der Waals surface area contributed by atoms with Gasteiger partial charge in [-0.05, 0) is 52.0 Å². The molecule has 4 rings (SSSR count). The third-order valence-electron chi connectivity index (χ3n) is 7.14. The fourth-order valence-corrected chi connectivity index (χ4v) is 5.31. The topological polar surface area (TPSA) is 84.7 Å². The van der Waals surface area contributed by atoms with E-state index in [-0.39, 0.29) is 29.3 Å². The molecule has 0 aliphatic carbocycles. The van der Waals surface area contributed by atoms with Gasteiger partial charge >= 0.3 is 5.97 Å². The smallest absolute Gasteiger partial charge is 0.310 e. The van der Waals surface area contributed by atoms with Gasteiger partial charge in [-0.2, -0.15) is 0 Å². The van der Waals surface area contributed by atoms with Crippen molar-refractivity contribution in [1.82, 2.24) is 19.4 Å². The summed E-state index contributed by atoms with van der Waals surface area (Å²) in [5.41, 5.74) is 0.982. The number of piperidine rings is 2. The zero-order valence-corrected chi connectivity index (χ0v) is 19.3. The number of carbonyl (C=O) groups is 2. The molecule has 8 heteroatoms. The van der Waals surface area contributed by atoms with Crippen LogP contribution in [0.2, 0.25) is 0 Å². The van der Waals surface area contributed by atoms with Crippen LogP contribution in [0.5, 0.6) is 0 Å². The summed E-state index contributed by atoms with van der Waals surface area (Å²) in [6, 6.07) is 1.72. The number of fused-ring (bicyclic) bond motifs is 1. The number of carbonyl (C=O) groups excluding carboxylic acids is 2. The van der Waals surface area contributed by atoms with Gasteiger partial charge in [0.25, 0.3) is 5.56 Å². The van der Waals surface area contributed by atoms with Crippen LogP contribution in [-0.2, 0) is 27.3 Å². The molecular formula is C24H36N4O4. The van der Waals surface area contributed by atoms with Crippen LogP contribution in [0.25, 0.3) is 0 Å². The van der Waals surface area contributed by atoms with E-state index in [1.54, 1.807) is 6.07 Å². The molecule has 0 bridgehead atoms. The van der Waals surface area contributed by atoms with E-state index in [0.29, 0.717) is 32.8 Å². The minimum Gasteiger partial charge on any atom is -0.466 e. The number of likely N-dealkylation sites (tertiary alicyclic amines) is 2. The third-order valence-corrected chi connectivity index (χ3v) is 7.14. The highest BCUT2D eigenvalue weighted by Crippen LogP contribution is 2.27. The lowest BCUT2D eigenvalue weighted by Gasteiger charge is -2.35. The van der Waals surface area contributed by atoms with Gasteiger partial charge in [0, 0.05) is 44.6 Å². The van der Waals surface area contributed by atoms with Gasteiger partial charge in [-0.25, -0.2) is 4.98 Å². The maximum Gasteiger partial charge on any atom is 0.310 e. The Morgan fingerprint density at radius 3 is 2.66 bits per heavy atom. The van der Waals surface area contributed by atoms with Crippen molar-refractivity contribution in [3.8, 4) is 0 Å². The second kappa shape index (κ2) is 10.6. The summed E-state index contributed by atoms with van der Waals surface area (Å²) in [7, 11) is 0. The molecule has 1 amide bonds. The summed E-state index contributed by atoms with van der Waals surface area (Å²) >= 11 is 0. The highest BCUT2D eigenvalue weighted by molar-refractivity contribution is 5.78. The van der Waals surface area contributed by atoms with Crippen LogP contribution in [0.4, 0.5) is 0 Å². The molecule has 0 aromatic carbocycles. The number of amides is 1. The van der Waals surface area contributed by atoms with Crippen molar-refractivity contribution in [1.29, 1.82) is 0 Å². The van der Waals surface area contributed by atoms with Crippen LogP contribution in [-0.4, -0.2) is 70.6 Å². The number of rotatable bonds is 5. The summed E-state index contributed by atoms with van der Waals surface area (Å²) in [6.45, 7) is 6.20. The quantitative estimate of drug-likeness (QED) is 0.646. The Kier molecular flexibility index (Phi) is 7.60. The van der Waals surface area contributed by atoms with Gasteiger partial charge in [-0.15, -0.1) is 0 Å². The molecular weight excluding hydrogens is 408 g/mol. The van der Waals surface area contributed by atoms with E-state index in [1.807, 2.05) is 16.4 Å². The minimum absolute atomic E-state index is 0.0756. The molecule has 1 atom stereocenters. The number of esters is 1. The summed E-state index contributed by atoms with van der Waals surface area (Å²) in [5.74, 6) is 1.03. The molecule has 1 aromatic heterocycles. The fourth-order valence-electron chi connectivity index (χ4n) is 5.31. The normalized spacial score (nSPS) is 22.8. The number of hydrogen-bond donors (Lipinski definition) is 0. The molecule has 3 aliphatic heterocycles. The van der Waals surface area contributed by atoms with Crippen LogP contribution >= 0.6 is 0 Å². The predicted octanol–water partition coefficient (Wildman–Crippen LogP) is 1.95. The van der Waals surface area contributed by atoms with Crippen LogP contribution in [0, 0.1) is 5.92 Å². The van der Waals surface area contributed by atoms with Crippen molar-refractivity contribution < 1.29 is 14.3 Å². The molecule has 1 unspecified atom stereocenters. The Hall–Kier alpha value is -2.22. The first-order valence-electron chi connectivity index (χ1n) is 12.3. The Morgan fingerprint density at radius 1 is 1.06 bits per heavy atom. The van der Waals surface area contributed by atoms with Crippen LogP contribution in [0.3, 0.4) is 0 Å². The van der Waals surface area contributed by atoms with Crippen molar-refractivity contribution >= 4 is 11.9 Å². The van der Waals surface area contributed by atoms with E-state index < -0.39 is 0 Å². The summed E-state index contributed by atoms with van der Waals surface area (Å²) in [5, 5.41) is 0. The monoisotopic (exact) mass is 444 g/mol. The van der Waals surface area contributed by atoms with Gasteiger partial charge in [0.1, 0.15) is 5.82 Å². The molecule has 2 saturated heterocycles. The highest BCUT2D eigenvalue weighted by Gasteiger charge is 2.30. The molecule has 8 nitrogen and oxygen atoms in total. The van der Waals surface area contributed by atoms with Gasteiger partial charge in [0.2, 0.25) is 5.91 Å². The number of aromatic nitrogens is 2. The maximum atomic E-state index is 12.9. The Bertz CT molecular complexity index is 875. The van der Waals surface area contributed by atoms with Gasteiger partial charge in [-0.1, -0.05) is 6.42 Å². The summed E-state index contributed by atoms with van der Waals surface area (Å²) in [6.07, 6.45) is 7.60. The zero-order valence-electron chi connectivity index (χ0n) is 19.3. The Labute approximate surface area is 189 Å². The molecule has 4 heterocycles. The first-order valence-corrected chi connectivity index (χ1v) is 12.3. The number of nitrogens with zero attached hydrogens (tertiary/aromatic N) is 4. The number of ether oxygens (including phenoxy) is 1. The van der Waals surface area contributed by atoms with Gasteiger partial charge < -0.3 is 9.64 Å². The van der Waals surface area contributed by atoms with E-state index >= 15 is 0 Å². The maximum absolute atomic E-state index is 12.9. The summed E-state index contributed by atoms with van der Waals surface area (Å²) in [4.78, 5) is 46.5. The second-order valence-corrected chi connectivity index (χ2v) is 9.38. The Morgan fingerprint density at radius 2 is 1.88 bits per heavy atom. The van der Waals surface area contributed by atoms with Crippen LogP contribution in [0.15, 0.2) is 10.9 Å². The SMILES string of the molecule is CCOC(=O)C1CCCN(CC(=O)N2CCC(c3cc(=O)n4c(n3)CCCCC4)CC2)C1. The first kappa shape index (κ1) is 23.0. The lowest BCUT2D eigenvalue weighted by Crippen LogP contribution is -2.47. The van der Waals surface area contributed by atoms with Crippen molar-refractivity contribution in [3.63, 3.8) is 0 Å². The minimum atomic E-state index is -0.144. The van der Waals surface area contributed by atoms with E-state index in [1.165, 1.54) is 0 Å². The first-order chi connectivity index (χ1) is 15.5. The van der Waals surface area contributed by atoms with E-state index in [2.05, 4.69) is 4.90 Å². The average Bonchev–Trinajstić information content (AvgIpc) is 3.05. The van der Waals surface area contributed by atoms with Crippen molar-refractivity contribution in [2.75, 3.05) is 39.3 Å². The van der Waals surface area contributed by atoms with E-state index in [0.717, 1.165) is 76.0 Å². The molecule has 0 spiro atoms. The highest BCUT2D eigenvalue weighted by atomic mass is 16.5. The van der Waals surface area contributed by atoms with Gasteiger partial charge in [0.05, 0.1) is 24.8 Å². The standard InChI is InChI=1S/C24H36N4O4/c1-2-32-24(31)19-7-6-11-26(16-19)17-23(30)27-13-9-18(10-14-27)20-15-22(29)28-12-5-3-4-8-21(28)25-20/h15,18-19H,2-14,16-17H2,1H3. The third kappa shape index (κ3) is 5.39. The second-order valence-electron chi connectivity index (χ2n) is 9.38. The molecule has 2 fully saturated rings. The average molecular weight is 445 g/mol. The fraction of sp³-hybridized carbons (Fsp3) is 0.750. The van der Waals surface area contributed by atoms with Gasteiger partial charge in [0.15, 0.2) is 0 Å². The Balaban J connectivity index is 1.30. The largest absolute Gasteiger partial charge is 0.466 e.